The van der Waals surface area contributed by atoms with Gasteiger partial charge in [0.15, 0.2) is 0 Å². The summed E-state index contributed by atoms with van der Waals surface area (Å²) in [6.07, 6.45) is 0.403. The van der Waals surface area contributed by atoms with Gasteiger partial charge in [-0.15, -0.1) is 0 Å². The molecule has 2 aliphatic rings. The van der Waals surface area contributed by atoms with Crippen molar-refractivity contribution in [2.45, 2.75) is 6.42 Å². The molecular weight excluding hydrogens is 268 g/mol. The van der Waals surface area contributed by atoms with Crippen LogP contribution >= 0.6 is 0 Å². The molecule has 0 bridgehead atoms. The van der Waals surface area contributed by atoms with E-state index in [0.29, 0.717) is 18.5 Å². The van der Waals surface area contributed by atoms with E-state index in [1.54, 1.807) is 12.1 Å². The van der Waals surface area contributed by atoms with Crippen LogP contribution in [-0.4, -0.2) is 56.0 Å². The maximum absolute atomic E-state index is 12.1. The first-order chi connectivity index (χ1) is 10.2. The third-order valence-corrected chi connectivity index (χ3v) is 3.92. The van der Waals surface area contributed by atoms with Crippen molar-refractivity contribution in [3.05, 3.63) is 29.3 Å². The van der Waals surface area contributed by atoms with Crippen LogP contribution in [-0.2, 0) is 11.2 Å². The third kappa shape index (κ3) is 3.40. The molecule has 0 saturated carbocycles. The van der Waals surface area contributed by atoms with Gasteiger partial charge in [-0.05, 0) is 17.7 Å². The fourth-order valence-electron chi connectivity index (χ4n) is 2.72. The zero-order valence-electron chi connectivity index (χ0n) is 11.9. The van der Waals surface area contributed by atoms with Crippen LogP contribution in [0.3, 0.4) is 0 Å². The first kappa shape index (κ1) is 14.0. The van der Waals surface area contributed by atoms with Gasteiger partial charge in [0.25, 0.3) is 5.91 Å². The number of piperazine rings is 1. The molecule has 21 heavy (non-hydrogen) atoms. The second-order valence-corrected chi connectivity index (χ2v) is 5.44. The summed E-state index contributed by atoms with van der Waals surface area (Å²) in [4.78, 5) is 25.8. The van der Waals surface area contributed by atoms with Gasteiger partial charge in [0.1, 0.15) is 0 Å². The van der Waals surface area contributed by atoms with E-state index < -0.39 is 0 Å². The van der Waals surface area contributed by atoms with Crippen LogP contribution < -0.4 is 16.0 Å². The molecule has 0 spiro atoms. The van der Waals surface area contributed by atoms with E-state index in [1.807, 2.05) is 6.07 Å². The molecule has 0 atom stereocenters. The van der Waals surface area contributed by atoms with Gasteiger partial charge in [0.05, 0.1) is 6.42 Å². The Labute approximate surface area is 123 Å². The zero-order chi connectivity index (χ0) is 14.7. The summed E-state index contributed by atoms with van der Waals surface area (Å²) in [5.74, 6) is -0.102. The van der Waals surface area contributed by atoms with Gasteiger partial charge in [-0.2, -0.15) is 0 Å². The van der Waals surface area contributed by atoms with Gasteiger partial charge in [-0.25, -0.2) is 0 Å². The third-order valence-electron chi connectivity index (χ3n) is 3.92. The number of hydrogen-bond donors (Lipinski definition) is 3. The summed E-state index contributed by atoms with van der Waals surface area (Å²) in [5.41, 5.74) is 2.31. The molecule has 1 fully saturated rings. The number of nitrogens with zero attached hydrogens (tertiary/aromatic N) is 1. The summed E-state index contributed by atoms with van der Waals surface area (Å²) in [5, 5.41) is 9.00. The van der Waals surface area contributed by atoms with Crippen molar-refractivity contribution in [1.29, 1.82) is 0 Å². The quantitative estimate of drug-likeness (QED) is 0.718. The molecule has 2 heterocycles. The molecule has 1 aromatic carbocycles. The lowest BCUT2D eigenvalue weighted by molar-refractivity contribution is -0.115. The lowest BCUT2D eigenvalue weighted by atomic mass is 10.1. The molecule has 2 amide bonds. The van der Waals surface area contributed by atoms with Crippen molar-refractivity contribution >= 4 is 17.5 Å². The number of hydrogen-bond acceptors (Lipinski definition) is 4. The SMILES string of the molecule is O=C1Cc2ccc(C(=O)NCCN3CCNCC3)cc2N1. The van der Waals surface area contributed by atoms with Crippen molar-refractivity contribution in [2.24, 2.45) is 0 Å². The molecule has 0 radical (unpaired) electrons. The van der Waals surface area contributed by atoms with Crippen molar-refractivity contribution < 1.29 is 9.59 Å². The maximum atomic E-state index is 12.1. The first-order valence-corrected chi connectivity index (χ1v) is 7.36. The topological polar surface area (TPSA) is 73.5 Å². The van der Waals surface area contributed by atoms with E-state index in [-0.39, 0.29) is 11.8 Å². The molecule has 2 aliphatic heterocycles. The van der Waals surface area contributed by atoms with E-state index in [0.717, 1.165) is 44.0 Å². The number of rotatable bonds is 4. The molecule has 6 nitrogen and oxygen atoms in total. The Morgan fingerprint density at radius 2 is 2.10 bits per heavy atom. The van der Waals surface area contributed by atoms with Crippen LogP contribution in [0.2, 0.25) is 0 Å². The van der Waals surface area contributed by atoms with E-state index in [4.69, 9.17) is 0 Å². The number of carbonyl (C=O) groups excluding carboxylic acids is 2. The molecule has 0 aromatic heterocycles. The number of benzene rings is 1. The molecule has 6 heteroatoms. The van der Waals surface area contributed by atoms with Crippen molar-refractivity contribution in [3.8, 4) is 0 Å². The minimum Gasteiger partial charge on any atom is -0.351 e. The Balaban J connectivity index is 1.51. The Morgan fingerprint density at radius 1 is 1.29 bits per heavy atom. The summed E-state index contributed by atoms with van der Waals surface area (Å²) in [7, 11) is 0. The van der Waals surface area contributed by atoms with Crippen LogP contribution in [0.4, 0.5) is 5.69 Å². The highest BCUT2D eigenvalue weighted by atomic mass is 16.2. The van der Waals surface area contributed by atoms with Gasteiger partial charge >= 0.3 is 0 Å². The normalized spacial score (nSPS) is 18.2. The Hall–Kier alpha value is -1.92. The highest BCUT2D eigenvalue weighted by molar-refractivity contribution is 6.02. The summed E-state index contributed by atoms with van der Waals surface area (Å²) < 4.78 is 0. The lowest BCUT2D eigenvalue weighted by Crippen LogP contribution is -2.46. The average Bonchev–Trinajstić information content (AvgIpc) is 2.87. The van der Waals surface area contributed by atoms with E-state index in [9.17, 15) is 9.59 Å². The molecule has 3 N–H and O–H groups in total. The monoisotopic (exact) mass is 288 g/mol. The van der Waals surface area contributed by atoms with Crippen LogP contribution in [0.1, 0.15) is 15.9 Å². The summed E-state index contributed by atoms with van der Waals surface area (Å²) in [6.45, 7) is 5.59. The van der Waals surface area contributed by atoms with Gasteiger partial charge in [-0.3, -0.25) is 14.5 Å². The average molecular weight is 288 g/mol. The minimum absolute atomic E-state index is 0.0127. The van der Waals surface area contributed by atoms with E-state index in [1.165, 1.54) is 0 Å². The summed E-state index contributed by atoms with van der Waals surface area (Å²) in [6, 6.07) is 5.37. The minimum atomic E-state index is -0.0888. The van der Waals surface area contributed by atoms with Gasteiger partial charge in [0.2, 0.25) is 5.91 Å². The Bertz CT molecular complexity index is 553. The molecule has 3 rings (SSSR count). The molecule has 0 aliphatic carbocycles. The fourth-order valence-corrected chi connectivity index (χ4v) is 2.72. The number of nitrogens with one attached hydrogen (secondary N) is 3. The van der Waals surface area contributed by atoms with Crippen molar-refractivity contribution in [2.75, 3.05) is 44.6 Å². The molecule has 112 valence electrons. The van der Waals surface area contributed by atoms with Crippen LogP contribution in [0.25, 0.3) is 0 Å². The highest BCUT2D eigenvalue weighted by Crippen LogP contribution is 2.23. The first-order valence-electron chi connectivity index (χ1n) is 7.36. The standard InChI is InChI=1S/C15H20N4O2/c20-14-10-11-1-2-12(9-13(11)18-14)15(21)17-5-8-19-6-3-16-4-7-19/h1-2,9,16H,3-8,10H2,(H,17,21)(H,18,20). The fraction of sp³-hybridized carbons (Fsp3) is 0.467. The van der Waals surface area contributed by atoms with Gasteiger partial charge in [-0.1, -0.05) is 6.07 Å². The number of anilines is 1. The van der Waals surface area contributed by atoms with Crippen LogP contribution in [0, 0.1) is 0 Å². The van der Waals surface area contributed by atoms with Crippen LogP contribution in [0.5, 0.6) is 0 Å². The van der Waals surface area contributed by atoms with E-state index >= 15 is 0 Å². The molecule has 1 aromatic rings. The zero-order valence-corrected chi connectivity index (χ0v) is 11.9. The second-order valence-electron chi connectivity index (χ2n) is 5.44. The largest absolute Gasteiger partial charge is 0.351 e. The lowest BCUT2D eigenvalue weighted by Gasteiger charge is -2.27. The highest BCUT2D eigenvalue weighted by Gasteiger charge is 2.19. The predicted molar refractivity (Wildman–Crippen MR) is 80.4 cm³/mol. The second kappa shape index (κ2) is 6.24. The molecule has 0 unspecified atom stereocenters. The molecule has 1 saturated heterocycles. The predicted octanol–water partition coefficient (Wildman–Crippen LogP) is -0.184. The number of amides is 2. The Kier molecular flexibility index (Phi) is 4.17. The summed E-state index contributed by atoms with van der Waals surface area (Å²) >= 11 is 0. The smallest absolute Gasteiger partial charge is 0.251 e. The maximum Gasteiger partial charge on any atom is 0.251 e. The molecular formula is C15H20N4O2. The van der Waals surface area contributed by atoms with Gasteiger partial charge < -0.3 is 16.0 Å². The van der Waals surface area contributed by atoms with E-state index in [2.05, 4.69) is 20.9 Å². The Morgan fingerprint density at radius 3 is 2.90 bits per heavy atom. The number of fused-ring (bicyclic) bond motifs is 1. The van der Waals surface area contributed by atoms with Crippen LogP contribution in [0.15, 0.2) is 18.2 Å². The van der Waals surface area contributed by atoms with Crippen molar-refractivity contribution in [1.82, 2.24) is 15.5 Å². The van der Waals surface area contributed by atoms with Gasteiger partial charge in [0, 0.05) is 50.5 Å². The van der Waals surface area contributed by atoms with Crippen molar-refractivity contribution in [3.63, 3.8) is 0 Å². The number of carbonyl (C=O) groups is 2.